The van der Waals surface area contributed by atoms with E-state index in [1.807, 2.05) is 55.1 Å². The Labute approximate surface area is 223 Å². The summed E-state index contributed by atoms with van der Waals surface area (Å²) in [5.74, 6) is -0.0663. The first-order valence-corrected chi connectivity index (χ1v) is 13.9. The van der Waals surface area contributed by atoms with Crippen LogP contribution in [0.5, 0.6) is 0 Å². The first-order chi connectivity index (χ1) is 17.8. The monoisotopic (exact) mass is 530 g/mol. The minimum atomic E-state index is -3.87. The Morgan fingerprint density at radius 2 is 1.62 bits per heavy atom. The maximum absolute atomic E-state index is 13.7. The highest BCUT2D eigenvalue weighted by atomic mass is 35.5. The van der Waals surface area contributed by atoms with Crippen LogP contribution in [0.15, 0.2) is 102 Å². The largest absolute Gasteiger partial charge is 0.305 e. The molecule has 1 aliphatic rings. The quantitative estimate of drug-likeness (QED) is 0.281. The molecule has 1 amide bonds. The van der Waals surface area contributed by atoms with Crippen LogP contribution in [0.4, 0.5) is 11.4 Å². The van der Waals surface area contributed by atoms with Gasteiger partial charge < -0.3 is 4.90 Å². The Morgan fingerprint density at radius 3 is 2.35 bits per heavy atom. The van der Waals surface area contributed by atoms with Crippen molar-refractivity contribution in [2.75, 3.05) is 9.21 Å². The van der Waals surface area contributed by atoms with Crippen molar-refractivity contribution >= 4 is 38.9 Å². The fraction of sp³-hybridized carbons (Fsp3) is 0.167. The Kier molecular flexibility index (Phi) is 6.80. The topological polar surface area (TPSA) is 57.7 Å². The van der Waals surface area contributed by atoms with E-state index in [-0.39, 0.29) is 23.4 Å². The van der Waals surface area contributed by atoms with Crippen molar-refractivity contribution in [3.8, 4) is 0 Å². The van der Waals surface area contributed by atoms with Gasteiger partial charge in [0.15, 0.2) is 0 Å². The molecule has 188 valence electrons. The molecule has 4 aromatic rings. The average molecular weight is 531 g/mol. The third kappa shape index (κ3) is 4.87. The molecule has 0 saturated carbocycles. The lowest BCUT2D eigenvalue weighted by Crippen LogP contribution is -2.35. The molecule has 0 aliphatic carbocycles. The number of benzene rings is 4. The number of para-hydroxylation sites is 1. The van der Waals surface area contributed by atoms with E-state index in [2.05, 4.69) is 6.07 Å². The van der Waals surface area contributed by atoms with Crippen molar-refractivity contribution in [1.29, 1.82) is 0 Å². The zero-order valence-corrected chi connectivity index (χ0v) is 22.2. The normalized spacial score (nSPS) is 14.9. The van der Waals surface area contributed by atoms with Crippen LogP contribution in [-0.4, -0.2) is 20.4 Å². The fourth-order valence-corrected chi connectivity index (χ4v) is 6.50. The Balaban J connectivity index is 1.47. The Hall–Kier alpha value is -3.61. The van der Waals surface area contributed by atoms with Crippen molar-refractivity contribution in [2.24, 2.45) is 0 Å². The zero-order valence-electron chi connectivity index (χ0n) is 20.6. The average Bonchev–Trinajstić information content (AvgIpc) is 3.24. The van der Waals surface area contributed by atoms with Gasteiger partial charge in [0.25, 0.3) is 15.9 Å². The van der Waals surface area contributed by atoms with Crippen LogP contribution < -0.4 is 9.21 Å². The number of hydrogen-bond donors (Lipinski definition) is 0. The summed E-state index contributed by atoms with van der Waals surface area (Å²) in [6.45, 7) is 4.00. The van der Waals surface area contributed by atoms with E-state index < -0.39 is 10.0 Å². The maximum atomic E-state index is 13.7. The number of anilines is 2. The number of halogens is 1. The minimum Gasteiger partial charge on any atom is -0.305 e. The number of carbonyl (C=O) groups excluding carboxylic acids is 1. The second-order valence-electron chi connectivity index (χ2n) is 9.31. The Morgan fingerprint density at radius 1 is 0.946 bits per heavy atom. The second-order valence-corrected chi connectivity index (χ2v) is 11.6. The van der Waals surface area contributed by atoms with Crippen molar-refractivity contribution in [2.45, 2.75) is 37.8 Å². The van der Waals surface area contributed by atoms with E-state index in [4.69, 9.17) is 11.6 Å². The predicted octanol–water partition coefficient (Wildman–Crippen LogP) is 6.64. The molecule has 0 N–H and O–H groups in total. The van der Waals surface area contributed by atoms with E-state index in [1.54, 1.807) is 54.6 Å². The molecular formula is C30H27ClN2O3S. The molecule has 5 rings (SSSR count). The SMILES string of the molecule is Cc1ccc(Cl)cc1N(Cc1ccc(C(=O)N2c3ccccc3C[C@H]2C)cc1)S(=O)(=O)c1ccccc1. The van der Waals surface area contributed by atoms with Crippen LogP contribution in [0.2, 0.25) is 5.02 Å². The van der Waals surface area contributed by atoms with E-state index in [1.165, 1.54) is 9.87 Å². The van der Waals surface area contributed by atoms with Gasteiger partial charge in [0.1, 0.15) is 0 Å². The van der Waals surface area contributed by atoms with E-state index in [0.717, 1.165) is 23.2 Å². The lowest BCUT2D eigenvalue weighted by atomic mass is 10.1. The number of sulfonamides is 1. The van der Waals surface area contributed by atoms with Crippen LogP contribution in [0.3, 0.4) is 0 Å². The summed E-state index contributed by atoms with van der Waals surface area (Å²) < 4.78 is 28.8. The number of rotatable bonds is 6. The smallest absolute Gasteiger partial charge is 0.264 e. The highest BCUT2D eigenvalue weighted by Gasteiger charge is 2.31. The second kappa shape index (κ2) is 10.0. The van der Waals surface area contributed by atoms with Gasteiger partial charge in [-0.15, -0.1) is 0 Å². The molecule has 1 aliphatic heterocycles. The highest BCUT2D eigenvalue weighted by Crippen LogP contribution is 2.34. The van der Waals surface area contributed by atoms with Gasteiger partial charge in [-0.05, 0) is 79.4 Å². The lowest BCUT2D eigenvalue weighted by Gasteiger charge is -2.27. The molecule has 0 spiro atoms. The number of nitrogens with zero attached hydrogens (tertiary/aromatic N) is 2. The standard InChI is InChI=1S/C30H27ClN2O3S/c1-21-12-17-26(31)19-29(21)32(37(35,36)27-9-4-3-5-10-27)20-23-13-15-24(16-14-23)30(34)33-22(2)18-25-8-6-7-11-28(25)33/h3-17,19,22H,18,20H2,1-2H3/t22-/m1/s1. The molecule has 7 heteroatoms. The summed E-state index contributed by atoms with van der Waals surface area (Å²) in [5, 5.41) is 0.454. The summed E-state index contributed by atoms with van der Waals surface area (Å²) in [6, 6.07) is 28.8. The number of carbonyl (C=O) groups is 1. The van der Waals surface area contributed by atoms with Crippen LogP contribution in [0.1, 0.15) is 34.0 Å². The third-order valence-corrected chi connectivity index (χ3v) is 8.73. The molecule has 1 atom stereocenters. The molecule has 37 heavy (non-hydrogen) atoms. The molecule has 0 aromatic heterocycles. The highest BCUT2D eigenvalue weighted by molar-refractivity contribution is 7.92. The summed E-state index contributed by atoms with van der Waals surface area (Å²) >= 11 is 6.26. The van der Waals surface area contributed by atoms with Crippen molar-refractivity contribution < 1.29 is 13.2 Å². The molecule has 4 aromatic carbocycles. The fourth-order valence-electron chi connectivity index (χ4n) is 4.80. The first kappa shape index (κ1) is 25.1. The van der Waals surface area contributed by atoms with Crippen LogP contribution in [-0.2, 0) is 23.0 Å². The summed E-state index contributed by atoms with van der Waals surface area (Å²) in [5.41, 5.74) is 4.73. The van der Waals surface area contributed by atoms with Gasteiger partial charge in [-0.3, -0.25) is 9.10 Å². The molecule has 5 nitrogen and oxygen atoms in total. The van der Waals surface area contributed by atoms with E-state index in [0.29, 0.717) is 16.3 Å². The predicted molar refractivity (Wildman–Crippen MR) is 149 cm³/mol. The van der Waals surface area contributed by atoms with Crippen LogP contribution in [0, 0.1) is 6.92 Å². The minimum absolute atomic E-state index is 0.0663. The van der Waals surface area contributed by atoms with Gasteiger partial charge in [0.2, 0.25) is 0 Å². The van der Waals surface area contributed by atoms with E-state index >= 15 is 0 Å². The summed E-state index contributed by atoms with van der Waals surface area (Å²) in [4.78, 5) is 15.4. The van der Waals surface area contributed by atoms with Gasteiger partial charge in [0.05, 0.1) is 17.1 Å². The summed E-state index contributed by atoms with van der Waals surface area (Å²) in [6.07, 6.45) is 0.825. The number of fused-ring (bicyclic) bond motifs is 1. The van der Waals surface area contributed by atoms with Gasteiger partial charge in [-0.2, -0.15) is 0 Å². The molecule has 1 heterocycles. The zero-order chi connectivity index (χ0) is 26.2. The van der Waals surface area contributed by atoms with Crippen molar-refractivity contribution in [3.05, 3.63) is 124 Å². The van der Waals surface area contributed by atoms with Gasteiger partial charge in [-0.1, -0.05) is 66.2 Å². The Bertz CT molecular complexity index is 1550. The number of aryl methyl sites for hydroxylation is 1. The molecule has 0 saturated heterocycles. The summed E-state index contributed by atoms with van der Waals surface area (Å²) in [7, 11) is -3.87. The molecule has 0 fully saturated rings. The van der Waals surface area contributed by atoms with Crippen LogP contribution in [0.25, 0.3) is 0 Å². The number of amides is 1. The maximum Gasteiger partial charge on any atom is 0.264 e. The molecular weight excluding hydrogens is 504 g/mol. The lowest BCUT2D eigenvalue weighted by molar-refractivity contribution is 0.0981. The van der Waals surface area contributed by atoms with Crippen LogP contribution >= 0.6 is 11.6 Å². The first-order valence-electron chi connectivity index (χ1n) is 12.1. The number of hydrogen-bond acceptors (Lipinski definition) is 3. The molecule has 0 radical (unpaired) electrons. The van der Waals surface area contributed by atoms with E-state index in [9.17, 15) is 13.2 Å². The van der Waals surface area contributed by atoms with Gasteiger partial charge in [0, 0.05) is 22.3 Å². The van der Waals surface area contributed by atoms with Crippen molar-refractivity contribution in [1.82, 2.24) is 0 Å². The molecule has 0 unspecified atom stereocenters. The third-order valence-electron chi connectivity index (χ3n) is 6.72. The van der Waals surface area contributed by atoms with Gasteiger partial charge in [-0.25, -0.2) is 8.42 Å². The van der Waals surface area contributed by atoms with Gasteiger partial charge >= 0.3 is 0 Å². The van der Waals surface area contributed by atoms with Crippen molar-refractivity contribution in [3.63, 3.8) is 0 Å². The molecule has 0 bridgehead atoms.